The van der Waals surface area contributed by atoms with Crippen LogP contribution in [-0.2, 0) is 0 Å². The molecular weight excluding hydrogens is 364 g/mol. The molecule has 0 radical (unpaired) electrons. The first-order valence-corrected chi connectivity index (χ1v) is 9.33. The molecule has 0 aliphatic carbocycles. The Hall–Kier alpha value is -2.69. The average Bonchev–Trinajstić information content (AvgIpc) is 3.06. The van der Waals surface area contributed by atoms with E-state index in [2.05, 4.69) is 11.4 Å². The molecule has 0 aliphatic heterocycles. The molecule has 128 valence electrons. The van der Waals surface area contributed by atoms with Gasteiger partial charge in [-0.2, -0.15) is 0 Å². The van der Waals surface area contributed by atoms with Crippen LogP contribution in [-0.4, -0.2) is 10.9 Å². The molecule has 0 bridgehead atoms. The molecule has 4 rings (SSSR count). The molecule has 1 aromatic heterocycles. The molecule has 0 spiro atoms. The number of aryl methyl sites for hydroxylation is 1. The number of nitrogens with zero attached hydrogens (tertiary/aromatic N) is 1. The second-order valence-corrected chi connectivity index (χ2v) is 7.44. The van der Waals surface area contributed by atoms with Crippen LogP contribution in [0, 0.1) is 6.92 Å². The number of fused-ring (bicyclic) bond motifs is 1. The molecular formula is C21H15ClN2OS. The van der Waals surface area contributed by atoms with Gasteiger partial charge in [-0.25, -0.2) is 4.98 Å². The van der Waals surface area contributed by atoms with Gasteiger partial charge in [-0.3, -0.25) is 4.79 Å². The molecule has 1 heterocycles. The zero-order chi connectivity index (χ0) is 18.1. The summed E-state index contributed by atoms with van der Waals surface area (Å²) in [6.07, 6.45) is 0. The number of rotatable bonds is 3. The maximum Gasteiger partial charge on any atom is 0.255 e. The molecule has 4 aromatic rings. The molecule has 5 heteroatoms. The lowest BCUT2D eigenvalue weighted by Gasteiger charge is -2.09. The zero-order valence-corrected chi connectivity index (χ0v) is 15.6. The van der Waals surface area contributed by atoms with Crippen LogP contribution in [0.2, 0.25) is 5.02 Å². The standard InChI is InChI=1S/C21H15ClN2OS/c1-13-12-16(23-20(25)14-6-8-15(22)9-7-14)10-11-17(13)21-24-18-4-2-3-5-19(18)26-21/h2-12H,1H3,(H,23,25). The van der Waals surface area contributed by atoms with Crippen LogP contribution in [0.15, 0.2) is 66.7 Å². The van der Waals surface area contributed by atoms with Crippen LogP contribution < -0.4 is 5.32 Å². The number of thiazole rings is 1. The molecule has 0 saturated heterocycles. The lowest BCUT2D eigenvalue weighted by atomic mass is 10.1. The van der Waals surface area contributed by atoms with E-state index in [1.165, 1.54) is 4.70 Å². The second-order valence-electron chi connectivity index (χ2n) is 5.98. The Balaban J connectivity index is 1.59. The summed E-state index contributed by atoms with van der Waals surface area (Å²) in [6, 6.07) is 20.8. The van der Waals surface area contributed by atoms with Gasteiger partial charge in [-0.15, -0.1) is 11.3 Å². The number of anilines is 1. The van der Waals surface area contributed by atoms with E-state index in [1.807, 2.05) is 43.3 Å². The van der Waals surface area contributed by atoms with E-state index in [9.17, 15) is 4.79 Å². The van der Waals surface area contributed by atoms with E-state index >= 15 is 0 Å². The van der Waals surface area contributed by atoms with E-state index in [0.29, 0.717) is 10.6 Å². The predicted octanol–water partition coefficient (Wildman–Crippen LogP) is 6.18. The van der Waals surface area contributed by atoms with E-state index in [4.69, 9.17) is 16.6 Å². The molecule has 26 heavy (non-hydrogen) atoms. The minimum Gasteiger partial charge on any atom is -0.322 e. The van der Waals surface area contributed by atoms with Gasteiger partial charge in [0.25, 0.3) is 5.91 Å². The van der Waals surface area contributed by atoms with Crippen molar-refractivity contribution in [3.05, 3.63) is 82.9 Å². The van der Waals surface area contributed by atoms with Crippen molar-refractivity contribution in [3.63, 3.8) is 0 Å². The fraction of sp³-hybridized carbons (Fsp3) is 0.0476. The van der Waals surface area contributed by atoms with Crippen LogP contribution in [0.3, 0.4) is 0 Å². The summed E-state index contributed by atoms with van der Waals surface area (Å²) in [7, 11) is 0. The number of para-hydroxylation sites is 1. The Morgan fingerprint density at radius 2 is 1.81 bits per heavy atom. The molecule has 0 atom stereocenters. The summed E-state index contributed by atoms with van der Waals surface area (Å²) in [5, 5.41) is 4.52. The van der Waals surface area contributed by atoms with Crippen LogP contribution >= 0.6 is 22.9 Å². The van der Waals surface area contributed by atoms with Crippen molar-refractivity contribution < 1.29 is 4.79 Å². The number of carbonyl (C=O) groups excluding carboxylic acids is 1. The summed E-state index contributed by atoms with van der Waals surface area (Å²) in [4.78, 5) is 17.1. The maximum atomic E-state index is 12.3. The summed E-state index contributed by atoms with van der Waals surface area (Å²) in [6.45, 7) is 2.03. The first-order chi connectivity index (χ1) is 12.6. The zero-order valence-electron chi connectivity index (χ0n) is 14.0. The van der Waals surface area contributed by atoms with Gasteiger partial charge in [0.1, 0.15) is 5.01 Å². The highest BCUT2D eigenvalue weighted by Crippen LogP contribution is 2.33. The van der Waals surface area contributed by atoms with Crippen molar-refractivity contribution in [3.8, 4) is 10.6 Å². The highest BCUT2D eigenvalue weighted by molar-refractivity contribution is 7.21. The molecule has 0 fully saturated rings. The van der Waals surface area contributed by atoms with E-state index < -0.39 is 0 Å². The number of amides is 1. The Morgan fingerprint density at radius 3 is 2.54 bits per heavy atom. The van der Waals surface area contributed by atoms with Crippen molar-refractivity contribution in [2.45, 2.75) is 6.92 Å². The number of benzene rings is 3. The fourth-order valence-corrected chi connectivity index (χ4v) is 3.96. The van der Waals surface area contributed by atoms with Crippen LogP contribution in [0.1, 0.15) is 15.9 Å². The summed E-state index contributed by atoms with van der Waals surface area (Å²) >= 11 is 7.54. The number of hydrogen-bond acceptors (Lipinski definition) is 3. The molecule has 0 aliphatic rings. The highest BCUT2D eigenvalue weighted by Gasteiger charge is 2.11. The van der Waals surface area contributed by atoms with Gasteiger partial charge in [0, 0.05) is 21.8 Å². The number of carbonyl (C=O) groups is 1. The van der Waals surface area contributed by atoms with Crippen LogP contribution in [0.4, 0.5) is 5.69 Å². The van der Waals surface area contributed by atoms with Crippen molar-refractivity contribution in [2.75, 3.05) is 5.32 Å². The third-order valence-electron chi connectivity index (χ3n) is 4.11. The van der Waals surface area contributed by atoms with Crippen molar-refractivity contribution in [1.82, 2.24) is 4.98 Å². The first-order valence-electron chi connectivity index (χ1n) is 8.14. The number of aromatic nitrogens is 1. The highest BCUT2D eigenvalue weighted by atomic mass is 35.5. The summed E-state index contributed by atoms with van der Waals surface area (Å²) in [5.74, 6) is -0.159. The van der Waals surface area contributed by atoms with Gasteiger partial charge in [0.15, 0.2) is 0 Å². The number of hydrogen-bond donors (Lipinski definition) is 1. The lowest BCUT2D eigenvalue weighted by molar-refractivity contribution is 0.102. The molecule has 0 unspecified atom stereocenters. The Kier molecular flexibility index (Phi) is 4.45. The molecule has 3 nitrogen and oxygen atoms in total. The SMILES string of the molecule is Cc1cc(NC(=O)c2ccc(Cl)cc2)ccc1-c1nc2ccccc2s1. The smallest absolute Gasteiger partial charge is 0.255 e. The van der Waals surface area contributed by atoms with E-state index in [-0.39, 0.29) is 5.91 Å². The third-order valence-corrected chi connectivity index (χ3v) is 5.44. The summed E-state index contributed by atoms with van der Waals surface area (Å²) in [5.41, 5.74) is 4.48. The van der Waals surface area contributed by atoms with E-state index in [1.54, 1.807) is 35.6 Å². The second kappa shape index (κ2) is 6.90. The van der Waals surface area contributed by atoms with Gasteiger partial charge in [-0.1, -0.05) is 23.7 Å². The van der Waals surface area contributed by atoms with Gasteiger partial charge in [0.05, 0.1) is 10.2 Å². The number of nitrogens with one attached hydrogen (secondary N) is 1. The Morgan fingerprint density at radius 1 is 1.04 bits per heavy atom. The van der Waals surface area contributed by atoms with Crippen molar-refractivity contribution in [2.24, 2.45) is 0 Å². The number of halogens is 1. The molecule has 3 aromatic carbocycles. The van der Waals surface area contributed by atoms with Crippen LogP contribution in [0.25, 0.3) is 20.8 Å². The maximum absolute atomic E-state index is 12.3. The van der Waals surface area contributed by atoms with E-state index in [0.717, 1.165) is 27.3 Å². The quantitative estimate of drug-likeness (QED) is 0.462. The summed E-state index contributed by atoms with van der Waals surface area (Å²) < 4.78 is 1.17. The Bertz CT molecular complexity index is 1070. The fourth-order valence-electron chi connectivity index (χ4n) is 2.77. The Labute approximate surface area is 160 Å². The van der Waals surface area contributed by atoms with Gasteiger partial charge in [0.2, 0.25) is 0 Å². The first kappa shape index (κ1) is 16.8. The van der Waals surface area contributed by atoms with Crippen LogP contribution in [0.5, 0.6) is 0 Å². The monoisotopic (exact) mass is 378 g/mol. The van der Waals surface area contributed by atoms with Gasteiger partial charge < -0.3 is 5.32 Å². The largest absolute Gasteiger partial charge is 0.322 e. The van der Waals surface area contributed by atoms with Crippen molar-refractivity contribution in [1.29, 1.82) is 0 Å². The van der Waals surface area contributed by atoms with Crippen molar-refractivity contribution >= 4 is 44.7 Å². The minimum atomic E-state index is -0.159. The molecule has 1 amide bonds. The molecule has 1 N–H and O–H groups in total. The lowest BCUT2D eigenvalue weighted by Crippen LogP contribution is -2.11. The normalized spacial score (nSPS) is 10.8. The average molecular weight is 379 g/mol. The molecule has 0 saturated carbocycles. The van der Waals surface area contributed by atoms with Gasteiger partial charge in [-0.05, 0) is 67.1 Å². The van der Waals surface area contributed by atoms with Gasteiger partial charge >= 0.3 is 0 Å². The predicted molar refractivity (Wildman–Crippen MR) is 109 cm³/mol. The topological polar surface area (TPSA) is 42.0 Å². The third kappa shape index (κ3) is 3.34. The minimum absolute atomic E-state index is 0.159.